The molecule has 0 bridgehead atoms. The number of ether oxygens (including phenoxy) is 1. The average molecular weight is 329 g/mol. The van der Waals surface area contributed by atoms with Gasteiger partial charge in [-0.05, 0) is 43.2 Å². The fourth-order valence-electron chi connectivity index (χ4n) is 2.92. The molecule has 5 heteroatoms. The van der Waals surface area contributed by atoms with Crippen molar-refractivity contribution in [3.05, 3.63) is 64.4 Å². The summed E-state index contributed by atoms with van der Waals surface area (Å²) in [6, 6.07) is 15.4. The lowest BCUT2D eigenvalue weighted by atomic mass is 10.0. The van der Waals surface area contributed by atoms with Gasteiger partial charge in [0.15, 0.2) is 0 Å². The number of hydrogen-bond donors (Lipinski definition) is 2. The van der Waals surface area contributed by atoms with Crippen LogP contribution >= 0.6 is 12.4 Å². The molecule has 3 aromatic rings. The van der Waals surface area contributed by atoms with Crippen LogP contribution in [0.15, 0.2) is 53.3 Å². The van der Waals surface area contributed by atoms with Crippen molar-refractivity contribution >= 4 is 29.0 Å². The fourth-order valence-corrected chi connectivity index (χ4v) is 2.92. The molecule has 2 heterocycles. The summed E-state index contributed by atoms with van der Waals surface area (Å²) in [6.45, 7) is 0.898. The summed E-state index contributed by atoms with van der Waals surface area (Å²) in [7, 11) is 0. The van der Waals surface area contributed by atoms with E-state index in [1.165, 1.54) is 0 Å². The normalized spacial score (nSPS) is 12.9. The van der Waals surface area contributed by atoms with Gasteiger partial charge in [0.05, 0.1) is 11.2 Å². The molecular formula is C18H17ClN2O2. The van der Waals surface area contributed by atoms with E-state index in [0.29, 0.717) is 0 Å². The van der Waals surface area contributed by atoms with Gasteiger partial charge in [-0.2, -0.15) is 0 Å². The Kier molecular flexibility index (Phi) is 4.26. The molecule has 2 aromatic carbocycles. The summed E-state index contributed by atoms with van der Waals surface area (Å²) >= 11 is 0. The molecule has 1 aliphatic rings. The number of hydrogen-bond acceptors (Lipinski definition) is 3. The van der Waals surface area contributed by atoms with Crippen LogP contribution in [0.5, 0.6) is 11.5 Å². The molecule has 23 heavy (non-hydrogen) atoms. The van der Waals surface area contributed by atoms with Crippen LogP contribution in [0, 0.1) is 0 Å². The maximum Gasteiger partial charge on any atom is 0.253 e. The maximum atomic E-state index is 12.1. The van der Waals surface area contributed by atoms with E-state index in [1.807, 2.05) is 48.5 Å². The third kappa shape index (κ3) is 2.90. The number of pyridine rings is 1. The first kappa shape index (κ1) is 15.4. The minimum absolute atomic E-state index is 0. The van der Waals surface area contributed by atoms with Crippen LogP contribution in [0.3, 0.4) is 0 Å². The molecule has 0 fully saturated rings. The molecule has 0 spiro atoms. The summed E-state index contributed by atoms with van der Waals surface area (Å²) in [4.78, 5) is 15.1. The molecule has 2 N–H and O–H groups in total. The fraction of sp³-hybridized carbons (Fsp3) is 0.167. The predicted molar refractivity (Wildman–Crippen MR) is 95.1 cm³/mol. The Morgan fingerprint density at radius 2 is 1.83 bits per heavy atom. The van der Waals surface area contributed by atoms with Gasteiger partial charge in [0.2, 0.25) is 0 Å². The molecule has 0 radical (unpaired) electrons. The number of anilines is 1. The Labute approximate surface area is 139 Å². The standard InChI is InChI=1S/C18H16N2O2.ClH/c21-18-14-7-4-10-19-17(14)15-11-13(8-9-16(15)20-18)22-12-5-2-1-3-6-12;/h1-3,5-6,8-9,11,19H,4,7,10H2,(H,20,21);1H. The molecule has 0 saturated carbocycles. The van der Waals surface area contributed by atoms with Crippen molar-refractivity contribution in [1.29, 1.82) is 0 Å². The second-order valence-corrected chi connectivity index (χ2v) is 5.46. The minimum Gasteiger partial charge on any atom is -0.457 e. The van der Waals surface area contributed by atoms with E-state index in [4.69, 9.17) is 4.74 Å². The molecule has 4 rings (SSSR count). The van der Waals surface area contributed by atoms with E-state index in [0.717, 1.165) is 53.0 Å². The number of para-hydroxylation sites is 1. The van der Waals surface area contributed by atoms with E-state index >= 15 is 0 Å². The van der Waals surface area contributed by atoms with Gasteiger partial charge < -0.3 is 15.0 Å². The van der Waals surface area contributed by atoms with Gasteiger partial charge in [0.25, 0.3) is 5.56 Å². The third-order valence-corrected chi connectivity index (χ3v) is 3.97. The van der Waals surface area contributed by atoms with Gasteiger partial charge in [-0.3, -0.25) is 4.79 Å². The lowest BCUT2D eigenvalue weighted by Gasteiger charge is -2.19. The van der Waals surface area contributed by atoms with Crippen LogP contribution in [-0.4, -0.2) is 11.5 Å². The number of aromatic amines is 1. The lowest BCUT2D eigenvalue weighted by molar-refractivity contribution is 0.483. The average Bonchev–Trinajstić information content (AvgIpc) is 2.57. The molecule has 0 unspecified atom stereocenters. The molecule has 0 amide bonds. The van der Waals surface area contributed by atoms with Crippen molar-refractivity contribution < 1.29 is 4.74 Å². The van der Waals surface area contributed by atoms with Gasteiger partial charge in [-0.15, -0.1) is 12.4 Å². The van der Waals surface area contributed by atoms with E-state index in [2.05, 4.69) is 10.3 Å². The highest BCUT2D eigenvalue weighted by Gasteiger charge is 2.16. The topological polar surface area (TPSA) is 54.1 Å². The predicted octanol–water partition coefficient (Wildman–Crippen LogP) is 4.10. The molecule has 1 aliphatic heterocycles. The Morgan fingerprint density at radius 1 is 1.00 bits per heavy atom. The summed E-state index contributed by atoms with van der Waals surface area (Å²) in [5.74, 6) is 1.56. The largest absolute Gasteiger partial charge is 0.457 e. The minimum atomic E-state index is 0. The first-order chi connectivity index (χ1) is 10.8. The van der Waals surface area contributed by atoms with Crippen molar-refractivity contribution in [3.63, 3.8) is 0 Å². The highest BCUT2D eigenvalue weighted by Crippen LogP contribution is 2.31. The number of rotatable bonds is 2. The Morgan fingerprint density at radius 3 is 2.65 bits per heavy atom. The van der Waals surface area contributed by atoms with E-state index in [9.17, 15) is 4.79 Å². The Hall–Kier alpha value is -2.46. The number of halogens is 1. The van der Waals surface area contributed by atoms with Crippen molar-refractivity contribution in [2.24, 2.45) is 0 Å². The van der Waals surface area contributed by atoms with Crippen LogP contribution in [0.1, 0.15) is 12.0 Å². The number of nitrogens with one attached hydrogen (secondary N) is 2. The summed E-state index contributed by atoms with van der Waals surface area (Å²) in [5, 5.41) is 4.36. The van der Waals surface area contributed by atoms with Crippen molar-refractivity contribution in [2.45, 2.75) is 12.8 Å². The smallest absolute Gasteiger partial charge is 0.253 e. The zero-order valence-corrected chi connectivity index (χ0v) is 13.3. The number of fused-ring (bicyclic) bond motifs is 3. The highest BCUT2D eigenvalue weighted by atomic mass is 35.5. The third-order valence-electron chi connectivity index (χ3n) is 3.97. The van der Waals surface area contributed by atoms with Gasteiger partial charge >= 0.3 is 0 Å². The van der Waals surface area contributed by atoms with E-state index < -0.39 is 0 Å². The van der Waals surface area contributed by atoms with Crippen LogP contribution in [0.4, 0.5) is 5.69 Å². The zero-order chi connectivity index (χ0) is 14.9. The molecular weight excluding hydrogens is 312 g/mol. The number of H-pyrrole nitrogens is 1. The van der Waals surface area contributed by atoms with Gasteiger partial charge in [-0.25, -0.2) is 0 Å². The van der Waals surface area contributed by atoms with Gasteiger partial charge in [0.1, 0.15) is 11.5 Å². The van der Waals surface area contributed by atoms with Crippen LogP contribution < -0.4 is 15.6 Å². The molecule has 1 aromatic heterocycles. The van der Waals surface area contributed by atoms with Crippen molar-refractivity contribution in [1.82, 2.24) is 4.98 Å². The molecule has 0 saturated heterocycles. The van der Waals surface area contributed by atoms with Crippen LogP contribution in [-0.2, 0) is 6.42 Å². The second-order valence-electron chi connectivity index (χ2n) is 5.46. The number of aromatic nitrogens is 1. The summed E-state index contributed by atoms with van der Waals surface area (Å²) in [5.41, 5.74) is 2.63. The second kappa shape index (κ2) is 6.34. The molecule has 4 nitrogen and oxygen atoms in total. The van der Waals surface area contributed by atoms with Crippen molar-refractivity contribution in [2.75, 3.05) is 11.9 Å². The summed E-state index contributed by atoms with van der Waals surface area (Å²) < 4.78 is 5.89. The van der Waals surface area contributed by atoms with Gasteiger partial charge in [-0.1, -0.05) is 18.2 Å². The Bertz CT molecular complexity index is 891. The summed E-state index contributed by atoms with van der Waals surface area (Å²) in [6.07, 6.45) is 1.80. The first-order valence-corrected chi connectivity index (χ1v) is 7.47. The SMILES string of the molecule is Cl.O=c1[nH]c2ccc(Oc3ccccc3)cc2c2c1CCCN2. The van der Waals surface area contributed by atoms with Crippen LogP contribution in [0.2, 0.25) is 0 Å². The monoisotopic (exact) mass is 328 g/mol. The highest BCUT2D eigenvalue weighted by molar-refractivity contribution is 5.94. The Balaban J connectivity index is 0.00000156. The van der Waals surface area contributed by atoms with E-state index in [1.54, 1.807) is 0 Å². The maximum absolute atomic E-state index is 12.1. The van der Waals surface area contributed by atoms with Crippen molar-refractivity contribution in [3.8, 4) is 11.5 Å². The quantitative estimate of drug-likeness (QED) is 0.744. The molecule has 0 atom stereocenters. The first-order valence-electron chi connectivity index (χ1n) is 7.47. The molecule has 0 aliphatic carbocycles. The zero-order valence-electron chi connectivity index (χ0n) is 12.5. The van der Waals surface area contributed by atoms with E-state index in [-0.39, 0.29) is 18.0 Å². The van der Waals surface area contributed by atoms with Gasteiger partial charge in [0, 0.05) is 17.5 Å². The van der Waals surface area contributed by atoms with Crippen LogP contribution in [0.25, 0.3) is 10.9 Å². The molecule has 118 valence electrons. The number of benzene rings is 2. The lowest BCUT2D eigenvalue weighted by Crippen LogP contribution is -2.22.